The second-order valence-electron chi connectivity index (χ2n) is 4.92. The lowest BCUT2D eigenvalue weighted by Crippen LogP contribution is -2.38. The van der Waals surface area contributed by atoms with E-state index < -0.39 is 0 Å². The summed E-state index contributed by atoms with van der Waals surface area (Å²) in [6, 6.07) is 10.2. The number of hydrogen-bond acceptors (Lipinski definition) is 4. The molecule has 0 aromatic heterocycles. The van der Waals surface area contributed by atoms with Gasteiger partial charge in [0.15, 0.2) is 0 Å². The predicted octanol–water partition coefficient (Wildman–Crippen LogP) is 2.62. The van der Waals surface area contributed by atoms with Crippen LogP contribution < -0.4 is 0 Å². The summed E-state index contributed by atoms with van der Waals surface area (Å²) in [4.78, 5) is 11.2. The molecule has 2 heterocycles. The van der Waals surface area contributed by atoms with E-state index in [1.807, 2.05) is 24.4 Å². The second-order valence-corrected chi connectivity index (χ2v) is 4.92. The highest BCUT2D eigenvalue weighted by Gasteiger charge is 2.16. The Hall–Kier alpha value is -2.10. The summed E-state index contributed by atoms with van der Waals surface area (Å²) in [6.07, 6.45) is 6.03. The van der Waals surface area contributed by atoms with E-state index in [1.54, 1.807) is 0 Å². The lowest BCUT2D eigenvalue weighted by Gasteiger charge is -2.28. The molecule has 0 radical (unpaired) electrons. The smallest absolute Gasteiger partial charge is 0.211 e. The van der Waals surface area contributed by atoms with E-state index in [1.165, 1.54) is 5.56 Å². The highest BCUT2D eigenvalue weighted by atomic mass is 16.5. The maximum absolute atomic E-state index is 5.80. The molecule has 0 bridgehead atoms. The molecular formula is C16H19N3O. The zero-order chi connectivity index (χ0) is 13.6. The molecule has 4 heteroatoms. The van der Waals surface area contributed by atoms with Crippen LogP contribution in [0, 0.1) is 0 Å². The number of nitrogens with zero attached hydrogens (tertiary/aromatic N) is 3. The van der Waals surface area contributed by atoms with E-state index in [2.05, 4.69) is 33.1 Å². The van der Waals surface area contributed by atoms with Crippen molar-refractivity contribution in [1.29, 1.82) is 0 Å². The Morgan fingerprint density at radius 2 is 2.10 bits per heavy atom. The molecule has 0 amide bonds. The third kappa shape index (κ3) is 3.26. The molecule has 4 nitrogen and oxygen atoms in total. The maximum Gasteiger partial charge on any atom is 0.211 e. The fourth-order valence-corrected chi connectivity index (χ4v) is 2.36. The van der Waals surface area contributed by atoms with Crippen LogP contribution in [0.15, 0.2) is 52.3 Å². The molecule has 0 unspecified atom stereocenters. The van der Waals surface area contributed by atoms with Crippen LogP contribution in [0.5, 0.6) is 0 Å². The van der Waals surface area contributed by atoms with Gasteiger partial charge in [-0.25, -0.2) is 4.99 Å². The fourth-order valence-electron chi connectivity index (χ4n) is 2.36. The summed E-state index contributed by atoms with van der Waals surface area (Å²) in [5.41, 5.74) is 1.17. The Labute approximate surface area is 119 Å². The van der Waals surface area contributed by atoms with Crippen molar-refractivity contribution in [2.45, 2.75) is 19.4 Å². The first-order valence-corrected chi connectivity index (χ1v) is 7.09. The van der Waals surface area contributed by atoms with Crippen molar-refractivity contribution in [1.82, 2.24) is 4.90 Å². The Bertz CT molecular complexity index is 534. The normalized spacial score (nSPS) is 18.5. The van der Waals surface area contributed by atoms with Crippen molar-refractivity contribution in [2.24, 2.45) is 9.98 Å². The zero-order valence-electron chi connectivity index (χ0n) is 11.5. The van der Waals surface area contributed by atoms with Gasteiger partial charge in [-0.1, -0.05) is 30.3 Å². The molecule has 0 N–H and O–H groups in total. The van der Waals surface area contributed by atoms with Gasteiger partial charge >= 0.3 is 0 Å². The van der Waals surface area contributed by atoms with Crippen molar-refractivity contribution < 1.29 is 4.74 Å². The molecule has 0 atom stereocenters. The molecule has 0 saturated heterocycles. The number of rotatable bonds is 3. The molecule has 0 saturated carbocycles. The van der Waals surface area contributed by atoms with Crippen LogP contribution in [-0.4, -0.2) is 36.6 Å². The van der Waals surface area contributed by atoms with Gasteiger partial charge < -0.3 is 9.64 Å². The van der Waals surface area contributed by atoms with Crippen molar-refractivity contribution >= 4 is 12.1 Å². The molecule has 0 fully saturated rings. The minimum atomic E-state index is 0.574. The minimum Gasteiger partial charge on any atom is -0.473 e. The van der Waals surface area contributed by atoms with Crippen molar-refractivity contribution in [3.63, 3.8) is 0 Å². The first-order valence-electron chi connectivity index (χ1n) is 7.09. The lowest BCUT2D eigenvalue weighted by molar-refractivity contribution is 0.193. The highest BCUT2D eigenvalue weighted by molar-refractivity contribution is 5.86. The van der Waals surface area contributed by atoms with Gasteiger partial charge in [-0.05, 0) is 18.1 Å². The summed E-state index contributed by atoms with van der Waals surface area (Å²) in [7, 11) is 0. The van der Waals surface area contributed by atoms with Crippen LogP contribution in [0.4, 0.5) is 0 Å². The number of allylic oxidation sites excluding steroid dienone is 1. The van der Waals surface area contributed by atoms with Gasteiger partial charge in [-0.15, -0.1) is 0 Å². The summed E-state index contributed by atoms with van der Waals surface area (Å²) in [5.74, 6) is 1.87. The summed E-state index contributed by atoms with van der Waals surface area (Å²) < 4.78 is 5.80. The average molecular weight is 269 g/mol. The first-order chi connectivity index (χ1) is 9.92. The molecule has 0 aliphatic carbocycles. The Kier molecular flexibility index (Phi) is 4.11. The van der Waals surface area contributed by atoms with Gasteiger partial charge in [-0.2, -0.15) is 0 Å². The van der Waals surface area contributed by atoms with E-state index in [0.717, 1.165) is 44.2 Å². The SMILES string of the molecule is C1=NCCN(C2=NC(OCc3ccccc3)=CCC2)C1. The third-order valence-electron chi connectivity index (χ3n) is 3.45. The van der Waals surface area contributed by atoms with E-state index >= 15 is 0 Å². The molecular weight excluding hydrogens is 250 g/mol. The van der Waals surface area contributed by atoms with Crippen LogP contribution in [0.2, 0.25) is 0 Å². The van der Waals surface area contributed by atoms with Crippen molar-refractivity contribution in [3.05, 3.63) is 47.9 Å². The average Bonchev–Trinajstić information content (AvgIpc) is 2.55. The predicted molar refractivity (Wildman–Crippen MR) is 80.9 cm³/mol. The zero-order valence-corrected chi connectivity index (χ0v) is 11.5. The van der Waals surface area contributed by atoms with Gasteiger partial charge in [0, 0.05) is 19.2 Å². The van der Waals surface area contributed by atoms with Crippen LogP contribution in [0.3, 0.4) is 0 Å². The van der Waals surface area contributed by atoms with Crippen molar-refractivity contribution in [3.8, 4) is 0 Å². The number of ether oxygens (including phenoxy) is 1. The van der Waals surface area contributed by atoms with Crippen molar-refractivity contribution in [2.75, 3.05) is 19.6 Å². The molecule has 3 rings (SSSR count). The van der Waals surface area contributed by atoms with E-state index in [9.17, 15) is 0 Å². The van der Waals surface area contributed by atoms with E-state index in [0.29, 0.717) is 6.61 Å². The minimum absolute atomic E-state index is 0.574. The third-order valence-corrected chi connectivity index (χ3v) is 3.45. The Morgan fingerprint density at radius 1 is 1.20 bits per heavy atom. The largest absolute Gasteiger partial charge is 0.473 e. The highest BCUT2D eigenvalue weighted by Crippen LogP contribution is 2.16. The van der Waals surface area contributed by atoms with Crippen LogP contribution in [0.1, 0.15) is 18.4 Å². The van der Waals surface area contributed by atoms with Crippen LogP contribution >= 0.6 is 0 Å². The van der Waals surface area contributed by atoms with E-state index in [4.69, 9.17) is 4.74 Å². The van der Waals surface area contributed by atoms with Gasteiger partial charge in [0.1, 0.15) is 12.4 Å². The summed E-state index contributed by atoms with van der Waals surface area (Å²) >= 11 is 0. The van der Waals surface area contributed by atoms with Crippen LogP contribution in [0.25, 0.3) is 0 Å². The summed E-state index contributed by atoms with van der Waals surface area (Å²) in [6.45, 7) is 3.26. The number of amidine groups is 1. The van der Waals surface area contributed by atoms with Crippen LogP contribution in [-0.2, 0) is 11.3 Å². The second kappa shape index (κ2) is 6.37. The molecule has 1 aromatic rings. The first kappa shape index (κ1) is 12.9. The monoisotopic (exact) mass is 269 g/mol. The fraction of sp³-hybridized carbons (Fsp3) is 0.375. The quantitative estimate of drug-likeness (QED) is 0.846. The molecule has 2 aliphatic heterocycles. The standard InChI is InChI=1S/C16H19N3O/c1-2-5-14(6-3-1)13-20-16-8-4-7-15(18-16)19-11-9-17-10-12-19/h1-3,5-6,8-9H,4,7,10-13H2. The Balaban J connectivity index is 1.60. The molecule has 0 spiro atoms. The van der Waals surface area contributed by atoms with Gasteiger partial charge in [0.2, 0.25) is 5.88 Å². The lowest BCUT2D eigenvalue weighted by atomic mass is 10.2. The van der Waals surface area contributed by atoms with Gasteiger partial charge in [0.25, 0.3) is 0 Å². The molecule has 20 heavy (non-hydrogen) atoms. The molecule has 2 aliphatic rings. The van der Waals surface area contributed by atoms with E-state index in [-0.39, 0.29) is 0 Å². The number of aliphatic imine (C=N–C) groups is 2. The maximum atomic E-state index is 5.80. The summed E-state index contributed by atoms with van der Waals surface area (Å²) in [5, 5.41) is 0. The van der Waals surface area contributed by atoms with Gasteiger partial charge in [0.05, 0.1) is 13.1 Å². The molecule has 1 aromatic carbocycles. The van der Waals surface area contributed by atoms with Gasteiger partial charge in [-0.3, -0.25) is 4.99 Å². The topological polar surface area (TPSA) is 37.2 Å². The number of benzene rings is 1. The molecule has 104 valence electrons. The number of hydrogen-bond donors (Lipinski definition) is 0. The Morgan fingerprint density at radius 3 is 2.90 bits per heavy atom.